The highest BCUT2D eigenvalue weighted by Crippen LogP contribution is 2.51. The summed E-state index contributed by atoms with van der Waals surface area (Å²) in [5.74, 6) is 0. The van der Waals surface area contributed by atoms with E-state index in [1.54, 1.807) is 0 Å². The molecule has 0 N–H and O–H groups in total. The second-order valence-corrected chi connectivity index (χ2v) is 15.2. The number of rotatable bonds is 4. The lowest BCUT2D eigenvalue weighted by Crippen LogP contribution is -1.86. The Kier molecular flexibility index (Phi) is 6.27. The lowest BCUT2D eigenvalue weighted by atomic mass is 9.92. The van der Waals surface area contributed by atoms with E-state index in [0.717, 1.165) is 12.8 Å². The van der Waals surface area contributed by atoms with Gasteiger partial charge in [-0.25, -0.2) is 0 Å². The molecule has 250 valence electrons. The molecule has 0 fully saturated rings. The first-order valence-corrected chi connectivity index (χ1v) is 19.1. The van der Waals surface area contributed by atoms with E-state index in [4.69, 9.17) is 0 Å². The molecule has 0 nitrogen and oxygen atoms in total. The van der Waals surface area contributed by atoms with E-state index in [9.17, 15) is 0 Å². The Hall–Kier alpha value is -6.76. The van der Waals surface area contributed by atoms with Crippen molar-refractivity contribution in [1.29, 1.82) is 0 Å². The molecule has 0 bridgehead atoms. The number of fused-ring (bicyclic) bond motifs is 9. The molecule has 9 aromatic carbocycles. The molecular weight excluding hydrogens is 649 g/mol. The number of hydrogen-bond acceptors (Lipinski definition) is 0. The van der Waals surface area contributed by atoms with Crippen LogP contribution in [0.2, 0.25) is 0 Å². The average Bonchev–Trinajstić information content (AvgIpc) is 3.91. The molecule has 0 saturated carbocycles. The van der Waals surface area contributed by atoms with Gasteiger partial charge in [0, 0.05) is 0 Å². The summed E-state index contributed by atoms with van der Waals surface area (Å²) in [5, 5.41) is 2.66. The molecule has 0 heteroatoms. The standard InChI is InChI=1S/C54H34/c1-3-14-44-39(8-1)28-42-20-18-36(30-51(42)44)33-10-5-11-34(26-33)38-22-23-47-49-17-7-16-48-46(24-25-50(54(48)49)53(47)32-38)41-13-6-12-35(27-41)37-19-21-43-29-40-9-2-4-15-45(40)52(43)31-37/h1-27,30-32H,28-29H2. The van der Waals surface area contributed by atoms with Gasteiger partial charge in [0.2, 0.25) is 0 Å². The van der Waals surface area contributed by atoms with Crippen molar-refractivity contribution in [3.63, 3.8) is 0 Å². The predicted molar refractivity (Wildman–Crippen MR) is 227 cm³/mol. The Labute approximate surface area is 315 Å². The Bertz CT molecular complexity index is 3050. The Balaban J connectivity index is 0.905. The summed E-state index contributed by atoms with van der Waals surface area (Å²) in [6, 6.07) is 68.4. The number of hydrogen-bond donors (Lipinski definition) is 0. The lowest BCUT2D eigenvalue weighted by Gasteiger charge is -2.12. The second-order valence-electron chi connectivity index (χ2n) is 15.2. The van der Waals surface area contributed by atoms with Gasteiger partial charge in [-0.1, -0.05) is 152 Å². The molecule has 0 aromatic heterocycles. The maximum absolute atomic E-state index is 2.41. The van der Waals surface area contributed by atoms with Crippen molar-refractivity contribution in [2.45, 2.75) is 12.8 Å². The van der Waals surface area contributed by atoms with Crippen molar-refractivity contribution in [2.75, 3.05) is 0 Å². The summed E-state index contributed by atoms with van der Waals surface area (Å²) in [7, 11) is 0. The third-order valence-electron chi connectivity index (χ3n) is 12.3. The molecule has 3 aliphatic carbocycles. The minimum absolute atomic E-state index is 1.02. The van der Waals surface area contributed by atoms with Crippen molar-refractivity contribution >= 4 is 10.8 Å². The van der Waals surface area contributed by atoms with Crippen LogP contribution in [-0.2, 0) is 12.8 Å². The molecule has 3 aliphatic rings. The molecule has 0 amide bonds. The molecule has 0 saturated heterocycles. The molecule has 0 unspecified atom stereocenters. The largest absolute Gasteiger partial charge is 0.0619 e. The van der Waals surface area contributed by atoms with Crippen LogP contribution >= 0.6 is 0 Å². The van der Waals surface area contributed by atoms with Crippen LogP contribution in [0.5, 0.6) is 0 Å². The smallest absolute Gasteiger partial charge is 0.00134 e. The molecule has 0 spiro atoms. The molecule has 0 heterocycles. The van der Waals surface area contributed by atoms with Crippen LogP contribution in [0.15, 0.2) is 182 Å². The highest BCUT2D eigenvalue weighted by Gasteiger charge is 2.24. The van der Waals surface area contributed by atoms with Crippen LogP contribution < -0.4 is 0 Å². The maximum atomic E-state index is 2.41. The quantitative estimate of drug-likeness (QED) is 0.173. The lowest BCUT2D eigenvalue weighted by molar-refractivity contribution is 1.26. The number of benzene rings is 9. The van der Waals surface area contributed by atoms with Gasteiger partial charge in [0.25, 0.3) is 0 Å². The third-order valence-corrected chi connectivity index (χ3v) is 12.3. The van der Waals surface area contributed by atoms with Crippen LogP contribution in [0, 0.1) is 0 Å². The van der Waals surface area contributed by atoms with Gasteiger partial charge in [-0.15, -0.1) is 0 Å². The molecule has 0 radical (unpaired) electrons. The van der Waals surface area contributed by atoms with E-state index in [0.29, 0.717) is 0 Å². The first kappa shape index (κ1) is 29.8. The van der Waals surface area contributed by atoms with Crippen LogP contribution in [0.1, 0.15) is 22.3 Å². The van der Waals surface area contributed by atoms with Gasteiger partial charge in [-0.2, -0.15) is 0 Å². The minimum atomic E-state index is 1.02. The van der Waals surface area contributed by atoms with E-state index in [-0.39, 0.29) is 0 Å². The average molecular weight is 683 g/mol. The zero-order chi connectivity index (χ0) is 35.3. The molecule has 0 aliphatic heterocycles. The van der Waals surface area contributed by atoms with Gasteiger partial charge in [-0.05, 0) is 165 Å². The van der Waals surface area contributed by atoms with Gasteiger partial charge >= 0.3 is 0 Å². The van der Waals surface area contributed by atoms with Gasteiger partial charge in [0.05, 0.1) is 0 Å². The van der Waals surface area contributed by atoms with Crippen LogP contribution in [0.25, 0.3) is 99.8 Å². The molecule has 9 aromatic rings. The van der Waals surface area contributed by atoms with E-state index in [2.05, 4.69) is 182 Å². The Morgan fingerprint density at radius 2 is 0.648 bits per heavy atom. The zero-order valence-electron chi connectivity index (χ0n) is 29.7. The SMILES string of the molecule is c1cc(-c2ccc3c(c2)-c2ccccc2C3)cc(-c2ccc3c(c2)-c2ccc(-c4cccc(-c5ccc6c(c5)-c5ccccc5C6)c4)c4cccc-3c24)c1. The monoisotopic (exact) mass is 682 g/mol. The second kappa shape index (κ2) is 11.4. The van der Waals surface area contributed by atoms with Gasteiger partial charge in [0.15, 0.2) is 0 Å². The summed E-state index contributed by atoms with van der Waals surface area (Å²) in [5.41, 5.74) is 26.5. The molecule has 54 heavy (non-hydrogen) atoms. The molecule has 12 rings (SSSR count). The molecular formula is C54H34. The van der Waals surface area contributed by atoms with Gasteiger partial charge in [-0.3, -0.25) is 0 Å². The van der Waals surface area contributed by atoms with Crippen molar-refractivity contribution in [1.82, 2.24) is 0 Å². The van der Waals surface area contributed by atoms with E-state index in [1.807, 2.05) is 0 Å². The highest BCUT2D eigenvalue weighted by molar-refractivity contribution is 6.19. The highest BCUT2D eigenvalue weighted by atomic mass is 14.3. The fraction of sp³-hybridized carbons (Fsp3) is 0.0370. The zero-order valence-corrected chi connectivity index (χ0v) is 29.7. The van der Waals surface area contributed by atoms with E-state index in [1.165, 1.54) is 122 Å². The maximum Gasteiger partial charge on any atom is -0.00134 e. The van der Waals surface area contributed by atoms with Crippen molar-refractivity contribution in [3.8, 4) is 89.0 Å². The van der Waals surface area contributed by atoms with Gasteiger partial charge < -0.3 is 0 Å². The van der Waals surface area contributed by atoms with Crippen LogP contribution in [0.3, 0.4) is 0 Å². The van der Waals surface area contributed by atoms with E-state index < -0.39 is 0 Å². The normalized spacial score (nSPS) is 12.7. The third kappa shape index (κ3) is 4.44. The fourth-order valence-corrected chi connectivity index (χ4v) is 9.64. The first-order chi connectivity index (χ1) is 26.7. The van der Waals surface area contributed by atoms with Crippen molar-refractivity contribution in [2.24, 2.45) is 0 Å². The Morgan fingerprint density at radius 1 is 0.222 bits per heavy atom. The van der Waals surface area contributed by atoms with Gasteiger partial charge in [0.1, 0.15) is 0 Å². The summed E-state index contributed by atoms with van der Waals surface area (Å²) < 4.78 is 0. The Morgan fingerprint density at radius 3 is 1.30 bits per heavy atom. The summed E-state index contributed by atoms with van der Waals surface area (Å²) in [6.07, 6.45) is 2.04. The topological polar surface area (TPSA) is 0 Å². The summed E-state index contributed by atoms with van der Waals surface area (Å²) in [6.45, 7) is 0. The minimum Gasteiger partial charge on any atom is -0.0619 e. The first-order valence-electron chi connectivity index (χ1n) is 19.1. The van der Waals surface area contributed by atoms with Crippen molar-refractivity contribution in [3.05, 3.63) is 204 Å². The van der Waals surface area contributed by atoms with Crippen LogP contribution in [0.4, 0.5) is 0 Å². The van der Waals surface area contributed by atoms with Crippen LogP contribution in [-0.4, -0.2) is 0 Å². The summed E-state index contributed by atoms with van der Waals surface area (Å²) in [4.78, 5) is 0. The van der Waals surface area contributed by atoms with E-state index >= 15 is 0 Å². The van der Waals surface area contributed by atoms with Crippen molar-refractivity contribution < 1.29 is 0 Å². The fourth-order valence-electron chi connectivity index (χ4n) is 9.64. The molecule has 0 atom stereocenters. The predicted octanol–water partition coefficient (Wildman–Crippen LogP) is 14.3. The summed E-state index contributed by atoms with van der Waals surface area (Å²) >= 11 is 0.